The second-order valence-electron chi connectivity index (χ2n) is 8.25. The van der Waals surface area contributed by atoms with Crippen LogP contribution in [0, 0.1) is 0 Å². The molecule has 0 unspecified atom stereocenters. The zero-order valence-electron chi connectivity index (χ0n) is 19.4. The van der Waals surface area contributed by atoms with Crippen molar-refractivity contribution in [3.8, 4) is 28.1 Å². The molecule has 0 saturated carbocycles. The molecule has 3 aromatic carbocycles. The van der Waals surface area contributed by atoms with Crippen LogP contribution >= 0.6 is 11.3 Å². The fraction of sp³-hybridized carbons (Fsp3) is 0.0714. The van der Waals surface area contributed by atoms with E-state index >= 15 is 0 Å². The Morgan fingerprint density at radius 2 is 1.58 bits per heavy atom. The zero-order valence-corrected chi connectivity index (χ0v) is 20.2. The summed E-state index contributed by atoms with van der Waals surface area (Å²) >= 11 is 1.38. The summed E-state index contributed by atoms with van der Waals surface area (Å²) in [7, 11) is 1.62. The van der Waals surface area contributed by atoms with Crippen molar-refractivity contribution in [2.45, 2.75) is 6.42 Å². The van der Waals surface area contributed by atoms with Crippen molar-refractivity contribution in [2.75, 3.05) is 12.4 Å². The number of anilines is 1. The number of allylic oxidation sites excluding steroid dienone is 2. The molecule has 0 radical (unpaired) electrons. The lowest BCUT2D eigenvalue weighted by molar-refractivity contribution is 0.0958. The van der Waals surface area contributed by atoms with Gasteiger partial charge in [0.25, 0.3) is 5.91 Å². The Hall–Kier alpha value is -4.56. The fourth-order valence-electron chi connectivity index (χ4n) is 4.50. The number of benzene rings is 3. The summed E-state index contributed by atoms with van der Waals surface area (Å²) in [6, 6.07) is 27.5. The number of ether oxygens (including phenoxy) is 1. The van der Waals surface area contributed by atoms with Crippen molar-refractivity contribution in [3.05, 3.63) is 107 Å². The number of hydrogen-bond donors (Lipinski definition) is 1. The van der Waals surface area contributed by atoms with Crippen molar-refractivity contribution >= 4 is 27.9 Å². The van der Waals surface area contributed by atoms with E-state index in [9.17, 15) is 4.79 Å². The molecule has 8 heteroatoms. The first-order valence-corrected chi connectivity index (χ1v) is 12.3. The molecule has 1 N–H and O–H groups in total. The molecule has 0 fully saturated rings. The summed E-state index contributed by atoms with van der Waals surface area (Å²) in [5.41, 5.74) is 8.24. The van der Waals surface area contributed by atoms with Gasteiger partial charge in [-0.25, -0.2) is 0 Å². The van der Waals surface area contributed by atoms with E-state index in [1.807, 2.05) is 72.8 Å². The molecule has 0 bridgehead atoms. The predicted octanol–water partition coefficient (Wildman–Crippen LogP) is 5.80. The average molecular weight is 492 g/mol. The first-order chi connectivity index (χ1) is 17.7. The van der Waals surface area contributed by atoms with Crippen LogP contribution in [0.3, 0.4) is 0 Å². The Morgan fingerprint density at radius 3 is 2.22 bits per heavy atom. The lowest BCUT2D eigenvalue weighted by atomic mass is 9.92. The third kappa shape index (κ3) is 3.87. The van der Waals surface area contributed by atoms with Crippen LogP contribution in [0.2, 0.25) is 0 Å². The van der Waals surface area contributed by atoms with E-state index in [0.717, 1.165) is 45.1 Å². The number of hydrogen-bond acceptors (Lipinski definition) is 7. The molecule has 0 aliphatic carbocycles. The van der Waals surface area contributed by atoms with Gasteiger partial charge in [0.1, 0.15) is 17.0 Å². The van der Waals surface area contributed by atoms with Gasteiger partial charge in [0.2, 0.25) is 5.13 Å². The maximum absolute atomic E-state index is 14.1. The molecule has 0 spiro atoms. The Balaban J connectivity index is 1.56. The molecule has 0 amide bonds. The van der Waals surface area contributed by atoms with Gasteiger partial charge in [-0.05, 0) is 23.3 Å². The topological polar surface area (TPSA) is 81.9 Å². The molecule has 36 heavy (non-hydrogen) atoms. The van der Waals surface area contributed by atoms with Crippen molar-refractivity contribution in [1.82, 2.24) is 20.0 Å². The molecular formula is C28H21N5O2S. The zero-order chi connectivity index (χ0) is 24.5. The summed E-state index contributed by atoms with van der Waals surface area (Å²) < 4.78 is 6.87. The van der Waals surface area contributed by atoms with E-state index in [0.29, 0.717) is 17.1 Å². The summed E-state index contributed by atoms with van der Waals surface area (Å²) in [5.74, 6) is 0.520. The van der Waals surface area contributed by atoms with E-state index in [4.69, 9.17) is 9.84 Å². The molecule has 6 rings (SSSR count). The summed E-state index contributed by atoms with van der Waals surface area (Å²) in [6.07, 6.45) is 0.469. The lowest BCUT2D eigenvalue weighted by Gasteiger charge is -2.22. The number of rotatable bonds is 6. The summed E-state index contributed by atoms with van der Waals surface area (Å²) in [4.78, 5) is 14.1. The van der Waals surface area contributed by atoms with Crippen LogP contribution < -0.4 is 10.1 Å². The second-order valence-corrected chi connectivity index (χ2v) is 9.08. The minimum atomic E-state index is -0.201. The van der Waals surface area contributed by atoms with Crippen LogP contribution in [0.5, 0.6) is 5.75 Å². The number of fused-ring (bicyclic) bond motifs is 1. The van der Waals surface area contributed by atoms with Crippen LogP contribution in [0.15, 0.2) is 96.1 Å². The number of aromatic nitrogens is 4. The molecule has 3 heterocycles. The third-order valence-electron chi connectivity index (χ3n) is 6.14. The number of methoxy groups -OCH3 is 1. The van der Waals surface area contributed by atoms with Crippen LogP contribution in [0.4, 0.5) is 5.13 Å². The maximum atomic E-state index is 14.1. The normalized spacial score (nSPS) is 13.0. The summed E-state index contributed by atoms with van der Waals surface area (Å²) in [5, 5.41) is 17.0. The third-order valence-corrected chi connectivity index (χ3v) is 6.75. The Morgan fingerprint density at radius 1 is 0.889 bits per heavy atom. The Labute approximate surface area is 211 Å². The highest BCUT2D eigenvalue weighted by molar-refractivity contribution is 7.13. The quantitative estimate of drug-likeness (QED) is 0.323. The van der Waals surface area contributed by atoms with Gasteiger partial charge < -0.3 is 10.1 Å². The molecular weight excluding hydrogens is 470 g/mol. The molecule has 5 aromatic rings. The van der Waals surface area contributed by atoms with E-state index in [2.05, 4.69) is 27.6 Å². The van der Waals surface area contributed by atoms with Crippen molar-refractivity contribution in [2.24, 2.45) is 0 Å². The van der Waals surface area contributed by atoms with E-state index in [1.54, 1.807) is 17.3 Å². The van der Waals surface area contributed by atoms with Gasteiger partial charge in [-0.15, -0.1) is 10.2 Å². The van der Waals surface area contributed by atoms with Crippen molar-refractivity contribution < 1.29 is 9.53 Å². The maximum Gasteiger partial charge on any atom is 0.280 e. The van der Waals surface area contributed by atoms with Gasteiger partial charge in [0.05, 0.1) is 18.4 Å². The first kappa shape index (κ1) is 21.9. The average Bonchev–Trinajstić information content (AvgIpc) is 3.58. The van der Waals surface area contributed by atoms with Crippen LogP contribution in [0.25, 0.3) is 28.0 Å². The van der Waals surface area contributed by atoms with E-state index in [1.165, 1.54) is 11.3 Å². The van der Waals surface area contributed by atoms with E-state index in [-0.39, 0.29) is 5.91 Å². The second kappa shape index (κ2) is 9.24. The molecule has 176 valence electrons. The van der Waals surface area contributed by atoms with Crippen molar-refractivity contribution in [3.63, 3.8) is 0 Å². The van der Waals surface area contributed by atoms with Crippen LogP contribution in [-0.2, 0) is 6.42 Å². The van der Waals surface area contributed by atoms with Gasteiger partial charge in [-0.2, -0.15) is 9.78 Å². The predicted molar refractivity (Wildman–Crippen MR) is 141 cm³/mol. The number of nitrogens with one attached hydrogen (secondary N) is 1. The van der Waals surface area contributed by atoms with Crippen molar-refractivity contribution in [1.29, 1.82) is 0 Å². The van der Waals surface area contributed by atoms with Gasteiger partial charge in [0, 0.05) is 23.2 Å². The summed E-state index contributed by atoms with van der Waals surface area (Å²) in [6.45, 7) is 0. The Bertz CT molecular complexity index is 1560. The SMILES string of the molecule is COc1ccc(C2=C(Nc3nncs3)Cc3c(-c4ccccc4)c(-c4ccccc4)nn3C2=O)cc1. The number of carbonyl (C=O) groups excluding carboxylic acids is 1. The molecule has 1 aliphatic heterocycles. The highest BCUT2D eigenvalue weighted by Crippen LogP contribution is 2.40. The number of carbonyl (C=O) groups is 1. The van der Waals surface area contributed by atoms with Gasteiger partial charge in [0.15, 0.2) is 0 Å². The lowest BCUT2D eigenvalue weighted by Crippen LogP contribution is -2.26. The Kier molecular flexibility index (Phi) is 5.63. The fourth-order valence-corrected chi connectivity index (χ4v) is 4.97. The van der Waals surface area contributed by atoms with E-state index < -0.39 is 0 Å². The highest BCUT2D eigenvalue weighted by Gasteiger charge is 2.33. The van der Waals surface area contributed by atoms with Gasteiger partial charge in [-0.1, -0.05) is 84.1 Å². The molecule has 7 nitrogen and oxygen atoms in total. The van der Waals surface area contributed by atoms with Gasteiger partial charge in [-0.3, -0.25) is 4.79 Å². The van der Waals surface area contributed by atoms with Crippen LogP contribution in [0.1, 0.15) is 16.1 Å². The smallest absolute Gasteiger partial charge is 0.280 e. The monoisotopic (exact) mass is 491 g/mol. The molecule has 2 aromatic heterocycles. The molecule has 0 atom stereocenters. The van der Waals surface area contributed by atoms with Crippen LogP contribution in [-0.4, -0.2) is 33.0 Å². The molecule has 1 aliphatic rings. The molecule has 0 saturated heterocycles. The standard InChI is InChI=1S/C28H21N5O2S/c1-35-21-14-12-19(13-15-21)24-22(30-28-31-29-17-36-28)16-23-25(18-8-4-2-5-9-18)26(32-33(23)27(24)34)20-10-6-3-7-11-20/h2-15,17H,16H2,1H3,(H,30,31). The minimum absolute atomic E-state index is 0.201. The highest BCUT2D eigenvalue weighted by atomic mass is 32.1. The largest absolute Gasteiger partial charge is 0.497 e. The minimum Gasteiger partial charge on any atom is -0.497 e. The van der Waals surface area contributed by atoms with Gasteiger partial charge >= 0.3 is 0 Å². The number of nitrogens with zero attached hydrogens (tertiary/aromatic N) is 4. The first-order valence-electron chi connectivity index (χ1n) is 11.4.